The lowest BCUT2D eigenvalue weighted by Gasteiger charge is -2.21. The molecule has 0 aromatic heterocycles. The number of ether oxygens (including phenoxy) is 2. The van der Waals surface area contributed by atoms with Gasteiger partial charge in [0.05, 0.1) is 6.10 Å². The van der Waals surface area contributed by atoms with E-state index in [9.17, 15) is 4.79 Å². The second kappa shape index (κ2) is 17.8. The molecule has 1 atom stereocenters. The molecule has 0 radical (unpaired) electrons. The summed E-state index contributed by atoms with van der Waals surface area (Å²) in [5.74, 6) is 1.10. The van der Waals surface area contributed by atoms with Gasteiger partial charge in [-0.05, 0) is 32.6 Å². The van der Waals surface area contributed by atoms with E-state index in [1.165, 1.54) is 0 Å². The van der Waals surface area contributed by atoms with Crippen LogP contribution in [0.1, 0.15) is 40.5 Å². The van der Waals surface area contributed by atoms with E-state index in [0.29, 0.717) is 18.5 Å². The van der Waals surface area contributed by atoms with Crippen molar-refractivity contribution in [2.45, 2.75) is 46.6 Å². The quantitative estimate of drug-likeness (QED) is 0.181. The number of aliphatic imine (C=N–C) groups is 1. The predicted octanol–water partition coefficient (Wildman–Crippen LogP) is 2.11. The van der Waals surface area contributed by atoms with Crippen LogP contribution in [0, 0.1) is 5.92 Å². The van der Waals surface area contributed by atoms with Crippen molar-refractivity contribution in [2.75, 3.05) is 53.6 Å². The Kier molecular flexibility index (Phi) is 18.9. The summed E-state index contributed by atoms with van der Waals surface area (Å²) < 4.78 is 11.1. The van der Waals surface area contributed by atoms with Crippen molar-refractivity contribution in [3.8, 4) is 0 Å². The number of halogens is 1. The molecular weight excluding hydrogens is 447 g/mol. The van der Waals surface area contributed by atoms with Crippen LogP contribution in [0.25, 0.3) is 0 Å². The number of carbonyl (C=O) groups is 1. The van der Waals surface area contributed by atoms with Crippen LogP contribution in [0.2, 0.25) is 0 Å². The van der Waals surface area contributed by atoms with E-state index in [4.69, 9.17) is 9.47 Å². The Hall–Kier alpha value is -0.610. The molecule has 2 N–H and O–H groups in total. The Morgan fingerprint density at radius 2 is 1.77 bits per heavy atom. The molecule has 26 heavy (non-hydrogen) atoms. The molecule has 0 bridgehead atoms. The molecule has 1 amide bonds. The SMILES string of the molecule is CCOCCCNC(=NCC(=O)N(C)C)NCCC(OCC)C(C)C.I. The fourth-order valence-corrected chi connectivity index (χ4v) is 2.14. The maximum absolute atomic E-state index is 11.7. The molecular formula is C18H39IN4O3. The van der Waals surface area contributed by atoms with Crippen molar-refractivity contribution in [3.05, 3.63) is 0 Å². The Balaban J connectivity index is 0. The van der Waals surface area contributed by atoms with Gasteiger partial charge < -0.3 is 25.0 Å². The molecule has 1 unspecified atom stereocenters. The number of likely N-dealkylation sites (N-methyl/N-ethyl adjacent to an activating group) is 1. The van der Waals surface area contributed by atoms with Crippen molar-refractivity contribution in [1.29, 1.82) is 0 Å². The number of hydrogen-bond donors (Lipinski definition) is 2. The maximum Gasteiger partial charge on any atom is 0.243 e. The van der Waals surface area contributed by atoms with Crippen molar-refractivity contribution in [1.82, 2.24) is 15.5 Å². The van der Waals surface area contributed by atoms with E-state index in [0.717, 1.165) is 39.1 Å². The second-order valence-electron chi connectivity index (χ2n) is 6.38. The number of hydrogen-bond acceptors (Lipinski definition) is 4. The average Bonchev–Trinajstić information content (AvgIpc) is 2.57. The third-order valence-electron chi connectivity index (χ3n) is 3.68. The number of nitrogens with one attached hydrogen (secondary N) is 2. The molecule has 7 nitrogen and oxygen atoms in total. The molecule has 0 rings (SSSR count). The van der Waals surface area contributed by atoms with E-state index in [2.05, 4.69) is 29.5 Å². The van der Waals surface area contributed by atoms with Crippen molar-refractivity contribution in [2.24, 2.45) is 10.9 Å². The molecule has 0 aliphatic heterocycles. The van der Waals surface area contributed by atoms with Gasteiger partial charge in [-0.25, -0.2) is 4.99 Å². The van der Waals surface area contributed by atoms with Crippen LogP contribution >= 0.6 is 24.0 Å². The zero-order valence-corrected chi connectivity index (χ0v) is 19.7. The average molecular weight is 486 g/mol. The Morgan fingerprint density at radius 1 is 1.12 bits per heavy atom. The lowest BCUT2D eigenvalue weighted by atomic mass is 10.0. The summed E-state index contributed by atoms with van der Waals surface area (Å²) in [6.45, 7) is 12.1. The van der Waals surface area contributed by atoms with E-state index < -0.39 is 0 Å². The molecule has 0 saturated heterocycles. The van der Waals surface area contributed by atoms with Crippen LogP contribution in [0.3, 0.4) is 0 Å². The van der Waals surface area contributed by atoms with Gasteiger partial charge in [0.15, 0.2) is 5.96 Å². The van der Waals surface area contributed by atoms with Crippen LogP contribution in [0.4, 0.5) is 0 Å². The smallest absolute Gasteiger partial charge is 0.243 e. The standard InChI is InChI=1S/C18H38N4O3.HI/c1-7-24-13-9-11-19-18(21-14-17(23)22(5)6)20-12-10-16(15(3)4)25-8-2;/h15-16H,7-14H2,1-6H3,(H2,19,20,21);1H. The zero-order valence-electron chi connectivity index (χ0n) is 17.3. The van der Waals surface area contributed by atoms with Crippen molar-refractivity contribution >= 4 is 35.8 Å². The number of rotatable bonds is 13. The highest BCUT2D eigenvalue weighted by Crippen LogP contribution is 2.09. The van der Waals surface area contributed by atoms with Gasteiger partial charge in [-0.1, -0.05) is 13.8 Å². The monoisotopic (exact) mass is 486 g/mol. The lowest BCUT2D eigenvalue weighted by Crippen LogP contribution is -2.41. The van der Waals surface area contributed by atoms with Crippen molar-refractivity contribution in [3.63, 3.8) is 0 Å². The number of guanidine groups is 1. The second-order valence-corrected chi connectivity index (χ2v) is 6.38. The maximum atomic E-state index is 11.7. The summed E-state index contributed by atoms with van der Waals surface area (Å²) in [4.78, 5) is 17.7. The van der Waals surface area contributed by atoms with Crippen LogP contribution in [0.5, 0.6) is 0 Å². The highest BCUT2D eigenvalue weighted by Gasteiger charge is 2.13. The summed E-state index contributed by atoms with van der Waals surface area (Å²) >= 11 is 0. The van der Waals surface area contributed by atoms with Gasteiger partial charge in [-0.3, -0.25) is 4.79 Å². The Morgan fingerprint density at radius 3 is 2.31 bits per heavy atom. The molecule has 0 aromatic carbocycles. The third kappa shape index (κ3) is 14.5. The van der Waals surface area contributed by atoms with Gasteiger partial charge in [0.25, 0.3) is 0 Å². The molecule has 0 fully saturated rings. The van der Waals surface area contributed by atoms with Crippen molar-refractivity contribution < 1.29 is 14.3 Å². The Bertz CT molecular complexity index is 379. The first-order valence-corrected chi connectivity index (χ1v) is 9.33. The molecule has 156 valence electrons. The topological polar surface area (TPSA) is 75.2 Å². The minimum absolute atomic E-state index is 0. The summed E-state index contributed by atoms with van der Waals surface area (Å²) in [5, 5.41) is 6.55. The molecule has 0 aliphatic rings. The minimum atomic E-state index is -0.0233. The normalized spacial score (nSPS) is 12.5. The largest absolute Gasteiger partial charge is 0.382 e. The summed E-state index contributed by atoms with van der Waals surface area (Å²) in [5.41, 5.74) is 0. The van der Waals surface area contributed by atoms with Crippen LogP contribution in [0.15, 0.2) is 4.99 Å². The number of amides is 1. The van der Waals surface area contributed by atoms with Gasteiger partial charge in [0.2, 0.25) is 5.91 Å². The third-order valence-corrected chi connectivity index (χ3v) is 3.68. The van der Waals surface area contributed by atoms with Gasteiger partial charge in [-0.2, -0.15) is 0 Å². The van der Waals surface area contributed by atoms with Crippen LogP contribution in [-0.4, -0.2) is 76.4 Å². The molecule has 0 aromatic rings. The highest BCUT2D eigenvalue weighted by molar-refractivity contribution is 14.0. The molecule has 8 heteroatoms. The lowest BCUT2D eigenvalue weighted by molar-refractivity contribution is -0.127. The summed E-state index contributed by atoms with van der Waals surface area (Å²) in [6.07, 6.45) is 2.01. The van der Waals surface area contributed by atoms with E-state index in [1.54, 1.807) is 19.0 Å². The van der Waals surface area contributed by atoms with Crippen LogP contribution in [-0.2, 0) is 14.3 Å². The first kappa shape index (κ1) is 27.6. The molecule has 0 heterocycles. The number of nitrogens with zero attached hydrogens (tertiary/aromatic N) is 2. The van der Waals surface area contributed by atoms with E-state index in [1.807, 2.05) is 13.8 Å². The van der Waals surface area contributed by atoms with Gasteiger partial charge in [-0.15, -0.1) is 24.0 Å². The van der Waals surface area contributed by atoms with E-state index in [-0.39, 0.29) is 42.5 Å². The van der Waals surface area contributed by atoms with Crippen LogP contribution < -0.4 is 10.6 Å². The minimum Gasteiger partial charge on any atom is -0.382 e. The van der Waals surface area contributed by atoms with E-state index >= 15 is 0 Å². The first-order valence-electron chi connectivity index (χ1n) is 9.33. The number of carbonyl (C=O) groups excluding carboxylic acids is 1. The summed E-state index contributed by atoms with van der Waals surface area (Å²) in [6, 6.07) is 0. The molecule has 0 aliphatic carbocycles. The van der Waals surface area contributed by atoms with Gasteiger partial charge in [0, 0.05) is 47.0 Å². The summed E-state index contributed by atoms with van der Waals surface area (Å²) in [7, 11) is 3.46. The first-order chi connectivity index (χ1) is 11.9. The van der Waals surface area contributed by atoms with Gasteiger partial charge in [0.1, 0.15) is 6.54 Å². The fourth-order valence-electron chi connectivity index (χ4n) is 2.14. The molecule has 0 spiro atoms. The highest BCUT2D eigenvalue weighted by atomic mass is 127. The molecule has 0 saturated carbocycles. The predicted molar refractivity (Wildman–Crippen MR) is 118 cm³/mol. The Labute approximate surface area is 176 Å². The van der Waals surface area contributed by atoms with Gasteiger partial charge >= 0.3 is 0 Å². The fraction of sp³-hybridized carbons (Fsp3) is 0.889. The zero-order chi connectivity index (χ0) is 19.1.